The molecule has 5 heteroatoms. The van der Waals surface area contributed by atoms with Gasteiger partial charge in [-0.3, -0.25) is 0 Å². The van der Waals surface area contributed by atoms with Gasteiger partial charge in [0, 0.05) is 12.6 Å². The predicted octanol–water partition coefficient (Wildman–Crippen LogP) is 0.458. The topological polar surface area (TPSA) is 58.2 Å². The summed E-state index contributed by atoms with van der Waals surface area (Å²) in [7, 11) is -3.05. The van der Waals surface area contributed by atoms with E-state index in [0.717, 1.165) is 19.4 Å². The number of hydrogen-bond donors (Lipinski definition) is 2. The number of hydrogen-bond acceptors (Lipinski definition) is 3. The zero-order chi connectivity index (χ0) is 10.7. The molecule has 1 unspecified atom stereocenters. The van der Waals surface area contributed by atoms with Crippen molar-refractivity contribution in [2.75, 3.05) is 18.8 Å². The Balaban J connectivity index is 1.72. The monoisotopic (exact) mass is 232 g/mol. The zero-order valence-corrected chi connectivity index (χ0v) is 9.85. The van der Waals surface area contributed by atoms with Crippen LogP contribution in [0.4, 0.5) is 0 Å². The van der Waals surface area contributed by atoms with Crippen LogP contribution in [0.5, 0.6) is 0 Å². The molecule has 0 aromatic rings. The molecule has 0 aromatic carbocycles. The number of rotatable bonds is 5. The minimum atomic E-state index is -3.05. The molecule has 2 aliphatic rings. The first kappa shape index (κ1) is 11.4. The Hall–Kier alpha value is -0.130. The Morgan fingerprint density at radius 2 is 2.00 bits per heavy atom. The summed E-state index contributed by atoms with van der Waals surface area (Å²) < 4.78 is 26.1. The van der Waals surface area contributed by atoms with Crippen LogP contribution in [0.15, 0.2) is 0 Å². The Kier molecular flexibility index (Phi) is 3.64. The summed E-state index contributed by atoms with van der Waals surface area (Å²) in [5.41, 5.74) is 0. The fraction of sp³-hybridized carbons (Fsp3) is 1.00. The van der Waals surface area contributed by atoms with Crippen molar-refractivity contribution in [3.8, 4) is 0 Å². The highest BCUT2D eigenvalue weighted by atomic mass is 32.2. The quantitative estimate of drug-likeness (QED) is 0.724. The van der Waals surface area contributed by atoms with Crippen molar-refractivity contribution in [2.24, 2.45) is 5.92 Å². The molecule has 88 valence electrons. The van der Waals surface area contributed by atoms with Crippen molar-refractivity contribution in [2.45, 2.75) is 38.1 Å². The van der Waals surface area contributed by atoms with Crippen molar-refractivity contribution in [1.29, 1.82) is 0 Å². The molecule has 2 fully saturated rings. The predicted molar refractivity (Wildman–Crippen MR) is 60.2 cm³/mol. The van der Waals surface area contributed by atoms with Crippen LogP contribution < -0.4 is 10.0 Å². The SMILES string of the molecule is O=S(=O)(CC1CCCN1)NCC1CCC1. The fourth-order valence-electron chi connectivity index (χ4n) is 2.16. The van der Waals surface area contributed by atoms with E-state index in [9.17, 15) is 8.42 Å². The lowest BCUT2D eigenvalue weighted by molar-refractivity contribution is 0.316. The maximum Gasteiger partial charge on any atom is 0.213 e. The van der Waals surface area contributed by atoms with Crippen LogP contribution >= 0.6 is 0 Å². The van der Waals surface area contributed by atoms with Crippen LogP contribution in [-0.4, -0.2) is 33.3 Å². The van der Waals surface area contributed by atoms with Gasteiger partial charge in [-0.15, -0.1) is 0 Å². The molecule has 0 aromatic heterocycles. The second-order valence-electron chi connectivity index (χ2n) is 4.72. The Labute approximate surface area is 91.9 Å². The third-order valence-corrected chi connectivity index (χ3v) is 4.85. The molecular weight excluding hydrogens is 212 g/mol. The molecule has 15 heavy (non-hydrogen) atoms. The largest absolute Gasteiger partial charge is 0.313 e. The van der Waals surface area contributed by atoms with Gasteiger partial charge < -0.3 is 5.32 Å². The van der Waals surface area contributed by atoms with Crippen molar-refractivity contribution in [3.05, 3.63) is 0 Å². The molecule has 1 aliphatic carbocycles. The fourth-order valence-corrected chi connectivity index (χ4v) is 3.59. The molecule has 2 rings (SSSR count). The maximum atomic E-state index is 11.7. The van der Waals surface area contributed by atoms with E-state index in [-0.39, 0.29) is 11.8 Å². The zero-order valence-electron chi connectivity index (χ0n) is 9.04. The maximum absolute atomic E-state index is 11.7. The second kappa shape index (κ2) is 4.80. The molecule has 1 saturated heterocycles. The average Bonchev–Trinajstić information content (AvgIpc) is 2.52. The van der Waals surface area contributed by atoms with E-state index in [2.05, 4.69) is 10.0 Å². The number of sulfonamides is 1. The van der Waals surface area contributed by atoms with Gasteiger partial charge in [0.2, 0.25) is 10.0 Å². The third kappa shape index (κ3) is 3.43. The second-order valence-corrected chi connectivity index (χ2v) is 6.57. The molecular formula is C10H20N2O2S. The van der Waals surface area contributed by atoms with Crippen molar-refractivity contribution in [1.82, 2.24) is 10.0 Å². The molecule has 1 heterocycles. The van der Waals surface area contributed by atoms with Gasteiger partial charge in [-0.25, -0.2) is 13.1 Å². The number of nitrogens with one attached hydrogen (secondary N) is 2. The average molecular weight is 232 g/mol. The minimum absolute atomic E-state index is 0.170. The lowest BCUT2D eigenvalue weighted by Crippen LogP contribution is -2.39. The van der Waals surface area contributed by atoms with E-state index in [1.54, 1.807) is 0 Å². The Morgan fingerprint density at radius 3 is 2.53 bits per heavy atom. The lowest BCUT2D eigenvalue weighted by Gasteiger charge is -2.25. The third-order valence-electron chi connectivity index (χ3n) is 3.40. The summed E-state index contributed by atoms with van der Waals surface area (Å²) in [6.07, 6.45) is 5.72. The van der Waals surface area contributed by atoms with E-state index in [4.69, 9.17) is 0 Å². The Bertz CT molecular complexity index is 293. The molecule has 0 radical (unpaired) electrons. The lowest BCUT2D eigenvalue weighted by atomic mass is 9.86. The molecule has 1 saturated carbocycles. The Morgan fingerprint density at radius 1 is 1.20 bits per heavy atom. The van der Waals surface area contributed by atoms with Crippen LogP contribution in [0, 0.1) is 5.92 Å². The van der Waals surface area contributed by atoms with Gasteiger partial charge in [-0.05, 0) is 38.1 Å². The summed E-state index contributed by atoms with van der Waals surface area (Å²) >= 11 is 0. The molecule has 0 spiro atoms. The van der Waals surface area contributed by atoms with E-state index < -0.39 is 10.0 Å². The van der Waals surface area contributed by atoms with Gasteiger partial charge in [-0.2, -0.15) is 0 Å². The van der Waals surface area contributed by atoms with E-state index in [0.29, 0.717) is 12.5 Å². The van der Waals surface area contributed by atoms with Gasteiger partial charge in [0.25, 0.3) is 0 Å². The van der Waals surface area contributed by atoms with Gasteiger partial charge in [-0.1, -0.05) is 6.42 Å². The van der Waals surface area contributed by atoms with E-state index >= 15 is 0 Å². The van der Waals surface area contributed by atoms with Crippen LogP contribution in [0.3, 0.4) is 0 Å². The molecule has 1 aliphatic heterocycles. The smallest absolute Gasteiger partial charge is 0.213 e. The van der Waals surface area contributed by atoms with Gasteiger partial charge in [0.1, 0.15) is 0 Å². The van der Waals surface area contributed by atoms with Crippen LogP contribution in [0.25, 0.3) is 0 Å². The molecule has 0 bridgehead atoms. The van der Waals surface area contributed by atoms with Gasteiger partial charge in [0.15, 0.2) is 0 Å². The first-order valence-corrected chi connectivity index (χ1v) is 7.52. The van der Waals surface area contributed by atoms with Crippen LogP contribution in [0.1, 0.15) is 32.1 Å². The molecule has 4 nitrogen and oxygen atoms in total. The van der Waals surface area contributed by atoms with Gasteiger partial charge >= 0.3 is 0 Å². The highest BCUT2D eigenvalue weighted by Crippen LogP contribution is 2.25. The molecule has 0 amide bonds. The first-order chi connectivity index (χ1) is 7.16. The van der Waals surface area contributed by atoms with Crippen molar-refractivity contribution in [3.63, 3.8) is 0 Å². The summed E-state index contributed by atoms with van der Waals surface area (Å²) in [4.78, 5) is 0. The van der Waals surface area contributed by atoms with E-state index in [1.807, 2.05) is 0 Å². The summed E-state index contributed by atoms with van der Waals surface area (Å²) in [6, 6.07) is 0.170. The first-order valence-electron chi connectivity index (χ1n) is 5.86. The molecule has 1 atom stereocenters. The minimum Gasteiger partial charge on any atom is -0.313 e. The summed E-state index contributed by atoms with van der Waals surface area (Å²) in [5.74, 6) is 0.844. The van der Waals surface area contributed by atoms with Crippen LogP contribution in [-0.2, 0) is 10.0 Å². The summed E-state index contributed by atoms with van der Waals surface area (Å²) in [6.45, 7) is 1.61. The standard InChI is InChI=1S/C10H20N2O2S/c13-15(14,8-10-5-2-6-11-10)12-7-9-3-1-4-9/h9-12H,1-8H2. The highest BCUT2D eigenvalue weighted by Gasteiger charge is 2.24. The highest BCUT2D eigenvalue weighted by molar-refractivity contribution is 7.89. The van der Waals surface area contributed by atoms with Crippen molar-refractivity contribution >= 4 is 10.0 Å². The van der Waals surface area contributed by atoms with Crippen LogP contribution in [0.2, 0.25) is 0 Å². The normalized spacial score (nSPS) is 27.9. The van der Waals surface area contributed by atoms with Crippen molar-refractivity contribution < 1.29 is 8.42 Å². The van der Waals surface area contributed by atoms with E-state index in [1.165, 1.54) is 19.3 Å². The summed E-state index contributed by atoms with van der Waals surface area (Å²) in [5, 5.41) is 3.21. The molecule has 2 N–H and O–H groups in total. The van der Waals surface area contributed by atoms with Gasteiger partial charge in [0.05, 0.1) is 5.75 Å².